The zero-order valence-electron chi connectivity index (χ0n) is 5.88. The van der Waals surface area contributed by atoms with Crippen LogP contribution in [-0.2, 0) is 0 Å². The predicted molar refractivity (Wildman–Crippen MR) is 48.6 cm³/mol. The average Bonchev–Trinajstić information content (AvgIpc) is 2.06. The van der Waals surface area contributed by atoms with Crippen LogP contribution in [0.5, 0.6) is 0 Å². The molecule has 0 spiro atoms. The van der Waals surface area contributed by atoms with Crippen LogP contribution >= 0.6 is 12.2 Å². The third-order valence-electron chi connectivity index (χ3n) is 1.18. The van der Waals surface area contributed by atoms with E-state index in [9.17, 15) is 4.39 Å². The highest BCUT2D eigenvalue weighted by molar-refractivity contribution is 7.80. The van der Waals surface area contributed by atoms with E-state index < -0.39 is 6.67 Å². The van der Waals surface area contributed by atoms with Crippen LogP contribution in [0.3, 0.4) is 0 Å². The summed E-state index contributed by atoms with van der Waals surface area (Å²) in [5.41, 5.74) is 0.829. The number of hydrogen-bond donors (Lipinski definition) is 1. The molecule has 0 amide bonds. The van der Waals surface area contributed by atoms with Crippen molar-refractivity contribution in [3.8, 4) is 0 Å². The van der Waals surface area contributed by atoms with Crippen LogP contribution in [0.4, 0.5) is 10.1 Å². The van der Waals surface area contributed by atoms with Crippen LogP contribution in [0.1, 0.15) is 0 Å². The van der Waals surface area contributed by atoms with E-state index in [0.29, 0.717) is 0 Å². The van der Waals surface area contributed by atoms with Gasteiger partial charge in [-0.15, -0.1) is 0 Å². The van der Waals surface area contributed by atoms with Crippen molar-refractivity contribution in [2.75, 3.05) is 12.0 Å². The van der Waals surface area contributed by atoms with Crippen molar-refractivity contribution >= 4 is 22.9 Å². The molecule has 0 saturated heterocycles. The van der Waals surface area contributed by atoms with Gasteiger partial charge >= 0.3 is 0 Å². The molecule has 0 fully saturated rings. The Bertz CT molecular complexity index is 235. The Morgan fingerprint density at radius 2 is 2.00 bits per heavy atom. The molecule has 58 valence electrons. The Labute approximate surface area is 70.2 Å². The first kappa shape index (κ1) is 8.14. The van der Waals surface area contributed by atoms with Crippen molar-refractivity contribution in [3.63, 3.8) is 0 Å². The van der Waals surface area contributed by atoms with Crippen molar-refractivity contribution in [2.24, 2.45) is 0 Å². The molecular weight excluding hydrogens is 161 g/mol. The van der Waals surface area contributed by atoms with Crippen molar-refractivity contribution in [2.45, 2.75) is 0 Å². The van der Waals surface area contributed by atoms with E-state index in [1.165, 1.54) is 0 Å². The van der Waals surface area contributed by atoms with Crippen LogP contribution < -0.4 is 5.32 Å². The molecule has 0 aliphatic heterocycles. The van der Waals surface area contributed by atoms with E-state index in [1.807, 2.05) is 30.3 Å². The summed E-state index contributed by atoms with van der Waals surface area (Å²) in [6, 6.07) is 9.29. The molecule has 1 aromatic carbocycles. The minimum Gasteiger partial charge on any atom is -0.348 e. The highest BCUT2D eigenvalue weighted by Gasteiger charge is 1.93. The number of para-hydroxylation sites is 1. The van der Waals surface area contributed by atoms with Gasteiger partial charge in [0.25, 0.3) is 0 Å². The van der Waals surface area contributed by atoms with Gasteiger partial charge in [0.15, 0.2) is 0 Å². The van der Waals surface area contributed by atoms with E-state index in [4.69, 9.17) is 0 Å². The summed E-state index contributed by atoms with van der Waals surface area (Å²) in [4.78, 5) is 0.219. The smallest absolute Gasteiger partial charge is 0.140 e. The predicted octanol–water partition coefficient (Wildman–Crippen LogP) is 2.40. The molecule has 1 aromatic rings. The molecule has 3 heteroatoms. The summed E-state index contributed by atoms with van der Waals surface area (Å²) < 4.78 is 11.9. The minimum absolute atomic E-state index is 0.219. The summed E-state index contributed by atoms with van der Waals surface area (Å²) in [5, 5.41) is 2.75. The zero-order valence-corrected chi connectivity index (χ0v) is 6.70. The maximum atomic E-state index is 11.9. The number of halogens is 1. The first-order chi connectivity index (χ1) is 5.33. The molecule has 0 aromatic heterocycles. The summed E-state index contributed by atoms with van der Waals surface area (Å²) in [6.45, 7) is -0.607. The fourth-order valence-corrected chi connectivity index (χ4v) is 0.834. The van der Waals surface area contributed by atoms with Crippen molar-refractivity contribution in [3.05, 3.63) is 30.3 Å². The van der Waals surface area contributed by atoms with Crippen LogP contribution in [0.2, 0.25) is 0 Å². The summed E-state index contributed by atoms with van der Waals surface area (Å²) >= 11 is 4.65. The molecule has 0 radical (unpaired) electrons. The third-order valence-corrected chi connectivity index (χ3v) is 1.39. The molecule has 0 aliphatic carbocycles. The zero-order chi connectivity index (χ0) is 8.10. The maximum Gasteiger partial charge on any atom is 0.140 e. The van der Waals surface area contributed by atoms with E-state index in [1.54, 1.807) is 0 Å². The molecule has 0 bridgehead atoms. The third kappa shape index (κ3) is 2.63. The number of hydrogen-bond acceptors (Lipinski definition) is 1. The first-order valence-electron chi connectivity index (χ1n) is 3.24. The van der Waals surface area contributed by atoms with E-state index in [-0.39, 0.29) is 4.99 Å². The molecule has 1 nitrogen and oxygen atoms in total. The molecule has 0 aliphatic rings. The van der Waals surface area contributed by atoms with Crippen LogP contribution in [-0.4, -0.2) is 11.7 Å². The quantitative estimate of drug-likeness (QED) is 0.682. The highest BCUT2D eigenvalue weighted by atomic mass is 32.1. The average molecular weight is 169 g/mol. The Balaban J connectivity index is 2.58. The number of anilines is 1. The largest absolute Gasteiger partial charge is 0.348 e. The van der Waals surface area contributed by atoms with Crippen LogP contribution in [0.15, 0.2) is 30.3 Å². The standard InChI is InChI=1S/C8H8FNS/c9-6-8(11)10-7-4-2-1-3-5-7/h1-5H,6H2,(H,10,11). The number of benzene rings is 1. The lowest BCUT2D eigenvalue weighted by Crippen LogP contribution is -2.10. The van der Waals surface area contributed by atoms with Gasteiger partial charge in [-0.05, 0) is 12.1 Å². The summed E-state index contributed by atoms with van der Waals surface area (Å²) in [7, 11) is 0. The second kappa shape index (κ2) is 4.03. The normalized spacial score (nSPS) is 9.18. The Morgan fingerprint density at radius 3 is 2.55 bits per heavy atom. The Hall–Kier alpha value is -0.960. The number of nitrogens with one attached hydrogen (secondary N) is 1. The van der Waals surface area contributed by atoms with Gasteiger partial charge in [0.2, 0.25) is 0 Å². The molecule has 11 heavy (non-hydrogen) atoms. The van der Waals surface area contributed by atoms with Gasteiger partial charge in [-0.2, -0.15) is 0 Å². The van der Waals surface area contributed by atoms with Crippen LogP contribution in [0.25, 0.3) is 0 Å². The second-order valence-electron chi connectivity index (χ2n) is 2.05. The Morgan fingerprint density at radius 1 is 1.36 bits per heavy atom. The SMILES string of the molecule is FCC(=S)Nc1ccccc1. The van der Waals surface area contributed by atoms with Gasteiger partial charge in [0.05, 0.1) is 0 Å². The second-order valence-corrected chi connectivity index (χ2v) is 2.54. The maximum absolute atomic E-state index is 11.9. The first-order valence-corrected chi connectivity index (χ1v) is 3.64. The molecule has 1 N–H and O–H groups in total. The lowest BCUT2D eigenvalue weighted by atomic mass is 10.3. The monoisotopic (exact) mass is 169 g/mol. The van der Waals surface area contributed by atoms with Gasteiger partial charge in [-0.3, -0.25) is 0 Å². The summed E-state index contributed by atoms with van der Waals surface area (Å²) in [6.07, 6.45) is 0. The fraction of sp³-hybridized carbons (Fsp3) is 0.125. The summed E-state index contributed by atoms with van der Waals surface area (Å²) in [5.74, 6) is 0. The molecule has 0 unspecified atom stereocenters. The lowest BCUT2D eigenvalue weighted by molar-refractivity contribution is 0.585. The molecular formula is C8H8FNS. The highest BCUT2D eigenvalue weighted by Crippen LogP contribution is 2.04. The molecule has 1 rings (SSSR count). The molecule has 0 atom stereocenters. The number of rotatable bonds is 2. The lowest BCUT2D eigenvalue weighted by Gasteiger charge is -2.02. The van der Waals surface area contributed by atoms with Gasteiger partial charge in [0.1, 0.15) is 11.7 Å². The fourth-order valence-electron chi connectivity index (χ4n) is 0.716. The van der Waals surface area contributed by atoms with Crippen LogP contribution in [0, 0.1) is 0 Å². The Kier molecular flexibility index (Phi) is 2.98. The molecule has 0 saturated carbocycles. The minimum atomic E-state index is -0.607. The van der Waals surface area contributed by atoms with Crippen molar-refractivity contribution < 1.29 is 4.39 Å². The van der Waals surface area contributed by atoms with E-state index in [0.717, 1.165) is 5.69 Å². The van der Waals surface area contributed by atoms with E-state index >= 15 is 0 Å². The molecule has 0 heterocycles. The van der Waals surface area contributed by atoms with Crippen molar-refractivity contribution in [1.82, 2.24) is 0 Å². The number of thiocarbonyl (C=S) groups is 1. The van der Waals surface area contributed by atoms with Gasteiger partial charge in [-0.1, -0.05) is 30.4 Å². The number of alkyl halides is 1. The topological polar surface area (TPSA) is 12.0 Å². The van der Waals surface area contributed by atoms with E-state index in [2.05, 4.69) is 17.5 Å². The van der Waals surface area contributed by atoms with Gasteiger partial charge in [0, 0.05) is 5.69 Å². The van der Waals surface area contributed by atoms with Gasteiger partial charge < -0.3 is 5.32 Å². The van der Waals surface area contributed by atoms with Crippen molar-refractivity contribution in [1.29, 1.82) is 0 Å². The van der Waals surface area contributed by atoms with Gasteiger partial charge in [-0.25, -0.2) is 4.39 Å².